The van der Waals surface area contributed by atoms with Gasteiger partial charge in [-0.25, -0.2) is 19.2 Å². The molecule has 12 unspecified atom stereocenters. The smallest absolute Gasteiger partial charge is 0.405 e. The van der Waals surface area contributed by atoms with Crippen LogP contribution >= 0.6 is 0 Å². The SMILES string of the molecule is COC1/C=C\C=C(/C)C(=O)NC2=CC(=O)C(NCCOC(=O)c3ccc(C(=O)OCCNC4=C5CC(C)CC(OC)C(O)C(C)/C=C(\C)C(C(=O)ON)C(OC)/C=C\C=C(/C)C(=O)NC(=CC4=O)C5=O)cc3)=C(CC(C)CC(OC)C(O)C(C)/C=C(\C)C1OC(N)=O)C2=O. The first-order chi connectivity index (χ1) is 44.6. The number of Topliss-reactive ketones (excluding diaryl/α,β-unsaturated/α-hetero) is 2. The van der Waals surface area contributed by atoms with Gasteiger partial charge in [0.1, 0.15) is 25.2 Å². The van der Waals surface area contributed by atoms with Crippen molar-refractivity contribution in [3.05, 3.63) is 152 Å². The van der Waals surface area contributed by atoms with Gasteiger partial charge in [0.05, 0.1) is 64.4 Å². The number of allylic oxidation sites excluding steroid dienone is 8. The summed E-state index contributed by atoms with van der Waals surface area (Å²) in [5, 5.41) is 34.1. The van der Waals surface area contributed by atoms with Crippen molar-refractivity contribution >= 4 is 58.9 Å². The summed E-state index contributed by atoms with van der Waals surface area (Å²) in [6.07, 6.45) is 6.96. The third-order valence-corrected chi connectivity index (χ3v) is 16.4. The van der Waals surface area contributed by atoms with E-state index in [0.29, 0.717) is 11.1 Å². The number of methoxy groups -OCH3 is 4. The second-order valence-electron chi connectivity index (χ2n) is 23.6. The van der Waals surface area contributed by atoms with E-state index in [9.17, 15) is 58.2 Å². The molecular formula is C68H88N6O20. The zero-order chi connectivity index (χ0) is 69.7. The molecule has 2 aliphatic heterocycles. The van der Waals surface area contributed by atoms with Crippen LogP contribution < -0.4 is 32.9 Å². The van der Waals surface area contributed by atoms with Crippen LogP contribution in [0.15, 0.2) is 141 Å². The molecule has 4 aliphatic rings. The monoisotopic (exact) mass is 1310 g/mol. The summed E-state index contributed by atoms with van der Waals surface area (Å²) in [5.74, 6) is -4.07. The highest BCUT2D eigenvalue weighted by atomic mass is 16.7. The first kappa shape index (κ1) is 76.0. The number of esters is 2. The molecule has 0 saturated heterocycles. The Morgan fingerprint density at radius 3 is 1.38 bits per heavy atom. The molecule has 26 heteroatoms. The minimum Gasteiger partial charge on any atom is -0.460 e. The number of nitrogens with one attached hydrogen (secondary N) is 4. The van der Waals surface area contributed by atoms with Crippen LogP contribution in [0.4, 0.5) is 4.79 Å². The van der Waals surface area contributed by atoms with E-state index in [4.69, 9.17) is 44.8 Å². The van der Waals surface area contributed by atoms with Gasteiger partial charge in [-0.05, 0) is 95.1 Å². The van der Waals surface area contributed by atoms with Gasteiger partial charge in [0.15, 0.2) is 6.10 Å². The number of benzene rings is 1. The summed E-state index contributed by atoms with van der Waals surface area (Å²) in [5.41, 5.74) is 6.08. The number of ether oxygens (including phenoxy) is 7. The molecule has 2 aliphatic carbocycles. The third-order valence-electron chi connectivity index (χ3n) is 16.4. The molecule has 510 valence electrons. The van der Waals surface area contributed by atoms with Crippen LogP contribution in [-0.4, -0.2) is 167 Å². The van der Waals surface area contributed by atoms with Crippen molar-refractivity contribution in [1.29, 1.82) is 0 Å². The Bertz CT molecular complexity index is 3350. The second kappa shape index (κ2) is 36.1. The van der Waals surface area contributed by atoms with Gasteiger partial charge in [0.25, 0.3) is 11.8 Å². The summed E-state index contributed by atoms with van der Waals surface area (Å²) in [4.78, 5) is 139. The van der Waals surface area contributed by atoms with Gasteiger partial charge in [-0.1, -0.05) is 81.9 Å². The van der Waals surface area contributed by atoms with Gasteiger partial charge >= 0.3 is 24.0 Å². The number of fused-ring (bicyclic) bond motifs is 4. The molecular weight excluding hydrogens is 1220 g/mol. The van der Waals surface area contributed by atoms with Crippen LogP contribution in [0.2, 0.25) is 0 Å². The van der Waals surface area contributed by atoms with Crippen LogP contribution in [0.3, 0.4) is 0 Å². The predicted molar refractivity (Wildman–Crippen MR) is 341 cm³/mol. The van der Waals surface area contributed by atoms with Crippen LogP contribution in [0.5, 0.6) is 0 Å². The van der Waals surface area contributed by atoms with Crippen LogP contribution in [-0.2, 0) is 71.6 Å². The van der Waals surface area contributed by atoms with Gasteiger partial charge in [-0.2, -0.15) is 5.90 Å². The fraction of sp³-hybridized carbons (Fsp3) is 0.471. The van der Waals surface area contributed by atoms with Gasteiger partial charge < -0.3 is 75.2 Å². The fourth-order valence-corrected chi connectivity index (χ4v) is 11.2. The summed E-state index contributed by atoms with van der Waals surface area (Å²) in [6.45, 7) is 12.5. The number of carbonyl (C=O) groups excluding carboxylic acids is 10. The molecule has 0 spiro atoms. The predicted octanol–water partition coefficient (Wildman–Crippen LogP) is 4.30. The Balaban J connectivity index is 1.26. The molecule has 5 rings (SSSR count). The van der Waals surface area contributed by atoms with Crippen LogP contribution in [0, 0.1) is 29.6 Å². The molecule has 10 N–H and O–H groups in total. The average Bonchev–Trinajstić information content (AvgIpc) is 0.859. The van der Waals surface area contributed by atoms with Crippen LogP contribution in [0.25, 0.3) is 0 Å². The number of aliphatic hydroxyl groups excluding tert-OH is 2. The lowest BCUT2D eigenvalue weighted by Crippen LogP contribution is -2.38. The summed E-state index contributed by atoms with van der Waals surface area (Å²) in [7, 11) is 5.62. The summed E-state index contributed by atoms with van der Waals surface area (Å²) < 4.78 is 39.1. The van der Waals surface area contributed by atoms with E-state index >= 15 is 0 Å². The highest BCUT2D eigenvalue weighted by Crippen LogP contribution is 2.32. The van der Waals surface area contributed by atoms with E-state index in [1.165, 1.54) is 103 Å². The Morgan fingerprint density at radius 2 is 1.00 bits per heavy atom. The molecule has 1 aromatic rings. The molecule has 2 heterocycles. The van der Waals surface area contributed by atoms with Crippen molar-refractivity contribution in [2.45, 2.75) is 124 Å². The Labute approximate surface area is 546 Å². The van der Waals surface area contributed by atoms with E-state index in [0.717, 1.165) is 12.2 Å². The standard InChI is InChI=1S/C68H88N6O20/c1-35-27-45-56(49(75)33-47(60(45)79)73-63(81)37(3)15-13-17-51(87-9)55(67(85)94-70)39(5)31-40(6)58(77)53(29-35)89-11)71-23-25-91-65(83)43-19-21-44(22-20-43)66(84)92-26-24-72-57-46-28-36(2)30-54(90-12)59(78)41(7)32-42(8)62(93-68(69)86)52(88-10)18-14-16-38(4)64(82)74-48(61(46)80)34-50(57)76/h13-22,31-36,40-41,51-55,58-59,62,71-72,77-78H,23-30,70H2,1-12H3,(H2,69,86)(H,73,81)(H,74,82)/b17-13-,18-14-,37-15+,38-16+,39-31+,42-32+. The number of amides is 3. The van der Waals surface area contributed by atoms with Crippen molar-refractivity contribution in [3.63, 3.8) is 0 Å². The molecule has 12 atom stereocenters. The van der Waals surface area contributed by atoms with Crippen molar-refractivity contribution in [2.24, 2.45) is 41.2 Å². The first-order valence-corrected chi connectivity index (χ1v) is 30.6. The van der Waals surface area contributed by atoms with E-state index in [1.54, 1.807) is 53.7 Å². The lowest BCUT2D eigenvalue weighted by molar-refractivity contribution is -0.151. The number of hydrogen-bond acceptors (Lipinski definition) is 23. The molecule has 26 nitrogen and oxygen atoms in total. The van der Waals surface area contributed by atoms with Crippen molar-refractivity contribution in [1.82, 2.24) is 21.3 Å². The normalized spacial score (nSPS) is 29.6. The molecule has 1 aromatic carbocycles. The largest absolute Gasteiger partial charge is 0.460 e. The maximum absolute atomic E-state index is 14.2. The lowest BCUT2D eigenvalue weighted by Gasteiger charge is -2.30. The second-order valence-corrected chi connectivity index (χ2v) is 23.6. The minimum absolute atomic E-state index is 0.0140. The fourth-order valence-electron chi connectivity index (χ4n) is 11.2. The Kier molecular flexibility index (Phi) is 29.1. The average molecular weight is 1310 g/mol. The van der Waals surface area contributed by atoms with E-state index in [2.05, 4.69) is 26.1 Å². The van der Waals surface area contributed by atoms with Gasteiger partial charge in [0, 0.05) is 87.8 Å². The quantitative estimate of drug-likeness (QED) is 0.0285. The molecule has 0 saturated carbocycles. The van der Waals surface area contributed by atoms with Crippen molar-refractivity contribution in [3.8, 4) is 0 Å². The summed E-state index contributed by atoms with van der Waals surface area (Å²) >= 11 is 0. The van der Waals surface area contributed by atoms with E-state index in [-0.39, 0.29) is 108 Å². The number of primary amides is 1. The third kappa shape index (κ3) is 20.6. The maximum atomic E-state index is 14.2. The number of nitrogens with two attached hydrogens (primary N) is 2. The summed E-state index contributed by atoms with van der Waals surface area (Å²) in [6, 6.07) is 5.34. The van der Waals surface area contributed by atoms with E-state index in [1.807, 2.05) is 0 Å². The van der Waals surface area contributed by atoms with Gasteiger partial charge in [0.2, 0.25) is 23.1 Å². The number of carbonyl (C=O) groups is 10. The minimum atomic E-state index is -1.12. The molecule has 94 heavy (non-hydrogen) atoms. The molecule has 4 bridgehead atoms. The highest BCUT2D eigenvalue weighted by Gasteiger charge is 2.37. The zero-order valence-electron chi connectivity index (χ0n) is 55.1. The number of aliphatic hydroxyl groups is 2. The molecule has 0 fully saturated rings. The molecule has 3 amide bonds. The van der Waals surface area contributed by atoms with Gasteiger partial charge in [-0.3, -0.25) is 28.8 Å². The maximum Gasteiger partial charge on any atom is 0.405 e. The topological polar surface area (TPSA) is 385 Å². The number of ketones is 4. The van der Waals surface area contributed by atoms with Crippen molar-refractivity contribution in [2.75, 3.05) is 54.7 Å². The number of hydrogen-bond donors (Lipinski definition) is 8. The Hall–Kier alpha value is -8.76. The van der Waals surface area contributed by atoms with E-state index < -0.39 is 131 Å². The van der Waals surface area contributed by atoms with Gasteiger partial charge in [-0.15, -0.1) is 0 Å². The zero-order valence-corrected chi connectivity index (χ0v) is 55.1. The number of rotatable bonds is 16. The van der Waals surface area contributed by atoms with Crippen LogP contribution in [0.1, 0.15) is 102 Å². The highest BCUT2D eigenvalue weighted by molar-refractivity contribution is 6.24. The Morgan fingerprint density at radius 1 is 0.596 bits per heavy atom. The lowest BCUT2D eigenvalue weighted by atomic mass is 9.84. The molecule has 0 radical (unpaired) electrons. The van der Waals surface area contributed by atoms with Crippen molar-refractivity contribution < 1.29 is 96.2 Å². The molecule has 0 aromatic heterocycles. The first-order valence-electron chi connectivity index (χ1n) is 30.6.